The third kappa shape index (κ3) is 6.17. The van der Waals surface area contributed by atoms with Crippen molar-refractivity contribution in [2.45, 2.75) is 20.3 Å². The largest absolute Gasteiger partial charge is 0.356 e. The molecule has 1 aromatic carbocycles. The van der Waals surface area contributed by atoms with Gasteiger partial charge in [-0.15, -0.1) is 11.3 Å². The van der Waals surface area contributed by atoms with Gasteiger partial charge in [0, 0.05) is 22.6 Å². The molecule has 0 atom stereocenters. The number of hydrogen-bond acceptors (Lipinski definition) is 4. The molecule has 128 valence electrons. The van der Waals surface area contributed by atoms with Crippen molar-refractivity contribution in [3.05, 3.63) is 40.4 Å². The molecule has 2 aromatic rings. The molecule has 3 N–H and O–H groups in total. The fourth-order valence-electron chi connectivity index (χ4n) is 1.82. The zero-order valence-electron chi connectivity index (χ0n) is 13.4. The van der Waals surface area contributed by atoms with Gasteiger partial charge in [-0.25, -0.2) is 9.78 Å². The lowest BCUT2D eigenvalue weighted by molar-refractivity contribution is -0.120. The van der Waals surface area contributed by atoms with Gasteiger partial charge in [-0.1, -0.05) is 31.5 Å². The van der Waals surface area contributed by atoms with Crippen LogP contribution in [0.1, 0.15) is 19.5 Å². The van der Waals surface area contributed by atoms with Crippen molar-refractivity contribution in [1.82, 2.24) is 10.3 Å². The maximum Gasteiger partial charge on any atom is 0.325 e. The first kappa shape index (κ1) is 18.2. The maximum absolute atomic E-state index is 11.9. The molecule has 1 heterocycles. The summed E-state index contributed by atoms with van der Waals surface area (Å²) >= 11 is 7.13. The van der Waals surface area contributed by atoms with Crippen LogP contribution in [0.15, 0.2) is 29.6 Å². The number of halogens is 1. The summed E-state index contributed by atoms with van der Waals surface area (Å²) in [6.07, 6.45) is 0.195. The molecule has 8 heteroatoms. The van der Waals surface area contributed by atoms with E-state index in [1.165, 1.54) is 11.3 Å². The number of nitrogens with one attached hydrogen (secondary N) is 3. The van der Waals surface area contributed by atoms with Gasteiger partial charge in [0.1, 0.15) is 0 Å². The average Bonchev–Trinajstić information content (AvgIpc) is 2.92. The second-order valence-electron chi connectivity index (χ2n) is 5.61. The van der Waals surface area contributed by atoms with Gasteiger partial charge >= 0.3 is 6.03 Å². The Morgan fingerprint density at radius 1 is 1.29 bits per heavy atom. The predicted octanol–water partition coefficient (Wildman–Crippen LogP) is 3.76. The van der Waals surface area contributed by atoms with Crippen molar-refractivity contribution in [3.8, 4) is 0 Å². The molecule has 0 fully saturated rings. The van der Waals surface area contributed by atoms with Crippen molar-refractivity contribution in [1.29, 1.82) is 0 Å². The molecule has 0 unspecified atom stereocenters. The number of amides is 3. The van der Waals surface area contributed by atoms with Gasteiger partial charge in [0.25, 0.3) is 0 Å². The highest BCUT2D eigenvalue weighted by molar-refractivity contribution is 7.14. The first-order valence-corrected chi connectivity index (χ1v) is 8.73. The number of anilines is 2. The number of carbonyl (C=O) groups excluding carboxylic acids is 2. The molecule has 3 amide bonds. The number of carbonyl (C=O) groups is 2. The zero-order chi connectivity index (χ0) is 17.5. The lowest BCUT2D eigenvalue weighted by Crippen LogP contribution is -2.28. The third-order valence-electron chi connectivity index (χ3n) is 2.90. The first-order valence-electron chi connectivity index (χ1n) is 7.47. The third-order valence-corrected chi connectivity index (χ3v) is 3.95. The second-order valence-corrected chi connectivity index (χ2v) is 6.90. The van der Waals surface area contributed by atoms with Gasteiger partial charge in [-0.2, -0.15) is 0 Å². The summed E-state index contributed by atoms with van der Waals surface area (Å²) in [5, 5.41) is 10.9. The summed E-state index contributed by atoms with van der Waals surface area (Å²) in [7, 11) is 0. The second kappa shape index (κ2) is 8.65. The quantitative estimate of drug-likeness (QED) is 0.727. The molecule has 0 aliphatic heterocycles. The van der Waals surface area contributed by atoms with E-state index in [4.69, 9.17) is 11.6 Å². The number of aromatic nitrogens is 1. The van der Waals surface area contributed by atoms with Crippen molar-refractivity contribution in [2.75, 3.05) is 17.2 Å². The van der Waals surface area contributed by atoms with E-state index in [0.717, 1.165) is 0 Å². The van der Waals surface area contributed by atoms with Gasteiger partial charge in [-0.05, 0) is 24.1 Å². The standard InChI is InChI=1S/C16H19ClN4O2S/c1-10(2)8-18-14(22)7-13-9-24-16(20-13)21-15(23)19-12-5-3-4-11(17)6-12/h3-6,9-10H,7-8H2,1-2H3,(H,18,22)(H2,19,20,21,23). The highest BCUT2D eigenvalue weighted by Gasteiger charge is 2.10. The Labute approximate surface area is 149 Å². The number of urea groups is 1. The molecule has 0 radical (unpaired) electrons. The summed E-state index contributed by atoms with van der Waals surface area (Å²) < 4.78 is 0. The number of thiazole rings is 1. The van der Waals surface area contributed by atoms with Crippen molar-refractivity contribution < 1.29 is 9.59 Å². The van der Waals surface area contributed by atoms with Crippen LogP contribution < -0.4 is 16.0 Å². The maximum atomic E-state index is 11.9. The molecule has 0 saturated carbocycles. The highest BCUT2D eigenvalue weighted by Crippen LogP contribution is 2.18. The van der Waals surface area contributed by atoms with Crippen molar-refractivity contribution in [3.63, 3.8) is 0 Å². The van der Waals surface area contributed by atoms with Crippen LogP contribution in [0.5, 0.6) is 0 Å². The lowest BCUT2D eigenvalue weighted by Gasteiger charge is -2.06. The van der Waals surface area contributed by atoms with E-state index in [2.05, 4.69) is 20.9 Å². The molecule has 0 aliphatic rings. The van der Waals surface area contributed by atoms with Crippen LogP contribution in [0.3, 0.4) is 0 Å². The summed E-state index contributed by atoms with van der Waals surface area (Å²) in [6.45, 7) is 4.70. The molecule has 0 spiro atoms. The Bertz CT molecular complexity index is 718. The normalized spacial score (nSPS) is 10.5. The smallest absolute Gasteiger partial charge is 0.325 e. The minimum Gasteiger partial charge on any atom is -0.356 e. The van der Waals surface area contributed by atoms with Crippen LogP contribution in [0.4, 0.5) is 15.6 Å². The molecule has 0 saturated heterocycles. The van der Waals surface area contributed by atoms with Gasteiger partial charge in [0.05, 0.1) is 12.1 Å². The Morgan fingerprint density at radius 2 is 2.08 bits per heavy atom. The molecule has 1 aromatic heterocycles. The van der Waals surface area contributed by atoms with Gasteiger partial charge in [0.15, 0.2) is 5.13 Å². The summed E-state index contributed by atoms with van der Waals surface area (Å²) in [4.78, 5) is 27.9. The zero-order valence-corrected chi connectivity index (χ0v) is 15.0. The van der Waals surface area contributed by atoms with E-state index in [0.29, 0.717) is 34.0 Å². The number of hydrogen-bond donors (Lipinski definition) is 3. The van der Waals surface area contributed by atoms with E-state index < -0.39 is 6.03 Å². The van der Waals surface area contributed by atoms with Crippen LogP contribution >= 0.6 is 22.9 Å². The van der Waals surface area contributed by atoms with Crippen molar-refractivity contribution in [2.24, 2.45) is 5.92 Å². The van der Waals surface area contributed by atoms with Gasteiger partial charge in [-0.3, -0.25) is 10.1 Å². The molecular formula is C16H19ClN4O2S. The summed E-state index contributed by atoms with van der Waals surface area (Å²) in [6, 6.07) is 6.44. The van der Waals surface area contributed by atoms with Crippen LogP contribution in [0.25, 0.3) is 0 Å². The SMILES string of the molecule is CC(C)CNC(=O)Cc1csc(NC(=O)Nc2cccc(Cl)c2)n1. The Hall–Kier alpha value is -2.12. The molecule has 0 bridgehead atoms. The lowest BCUT2D eigenvalue weighted by atomic mass is 10.2. The van der Waals surface area contributed by atoms with Crippen LogP contribution in [0.2, 0.25) is 5.02 Å². The fraction of sp³-hybridized carbons (Fsp3) is 0.312. The van der Waals surface area contributed by atoms with E-state index in [-0.39, 0.29) is 12.3 Å². The number of benzene rings is 1. The topological polar surface area (TPSA) is 83.1 Å². The molecule has 6 nitrogen and oxygen atoms in total. The Balaban J connectivity index is 1.84. The molecule has 0 aliphatic carbocycles. The van der Waals surface area contributed by atoms with E-state index in [1.54, 1.807) is 29.6 Å². The Morgan fingerprint density at radius 3 is 2.79 bits per heavy atom. The van der Waals surface area contributed by atoms with E-state index in [1.807, 2.05) is 13.8 Å². The molecule has 24 heavy (non-hydrogen) atoms. The number of nitrogens with zero attached hydrogens (tertiary/aromatic N) is 1. The highest BCUT2D eigenvalue weighted by atomic mass is 35.5. The molecule has 2 rings (SSSR count). The van der Waals surface area contributed by atoms with Crippen LogP contribution in [-0.4, -0.2) is 23.5 Å². The fourth-order valence-corrected chi connectivity index (χ4v) is 2.71. The van der Waals surface area contributed by atoms with Gasteiger partial charge < -0.3 is 10.6 Å². The minimum atomic E-state index is -0.414. The average molecular weight is 367 g/mol. The summed E-state index contributed by atoms with van der Waals surface area (Å²) in [5.74, 6) is 0.320. The van der Waals surface area contributed by atoms with E-state index in [9.17, 15) is 9.59 Å². The Kier molecular flexibility index (Phi) is 6.57. The van der Waals surface area contributed by atoms with Crippen molar-refractivity contribution >= 4 is 45.7 Å². The van der Waals surface area contributed by atoms with E-state index >= 15 is 0 Å². The first-order chi connectivity index (χ1) is 11.4. The summed E-state index contributed by atoms with van der Waals surface area (Å²) in [5.41, 5.74) is 1.21. The number of rotatable bonds is 6. The van der Waals surface area contributed by atoms with Gasteiger partial charge in [0.2, 0.25) is 5.91 Å². The monoisotopic (exact) mass is 366 g/mol. The van der Waals surface area contributed by atoms with Crippen LogP contribution in [-0.2, 0) is 11.2 Å². The van der Waals surface area contributed by atoms with Crippen LogP contribution in [0, 0.1) is 5.92 Å². The predicted molar refractivity (Wildman–Crippen MR) is 97.8 cm³/mol. The molecular weight excluding hydrogens is 348 g/mol. The minimum absolute atomic E-state index is 0.0797.